The lowest BCUT2D eigenvalue weighted by atomic mass is 9.77. The van der Waals surface area contributed by atoms with Gasteiger partial charge in [-0.25, -0.2) is 4.79 Å². The summed E-state index contributed by atoms with van der Waals surface area (Å²) in [5.41, 5.74) is -1.52. The van der Waals surface area contributed by atoms with Crippen LogP contribution in [0.2, 0.25) is 0 Å². The topological polar surface area (TPSA) is 57.5 Å². The molecule has 2 unspecified atom stereocenters. The number of carbonyl (C=O) groups is 1. The minimum Gasteiger partial charge on any atom is -0.479 e. The standard InChI is InChI=1S/C11H20O3/c1-3-11(14,10(12)13)8(2)9-6-4-5-7-9/h8-9,14H,3-7H2,1-2H3,(H,12,13). The third kappa shape index (κ3) is 1.92. The molecule has 0 radical (unpaired) electrons. The number of carboxylic acids is 1. The third-order valence-corrected chi connectivity index (χ3v) is 3.77. The molecule has 0 aromatic carbocycles. The second-order valence-corrected chi connectivity index (χ2v) is 4.42. The Morgan fingerprint density at radius 1 is 1.50 bits per heavy atom. The quantitative estimate of drug-likeness (QED) is 0.730. The zero-order valence-electron chi connectivity index (χ0n) is 8.99. The maximum absolute atomic E-state index is 11.0. The highest BCUT2D eigenvalue weighted by atomic mass is 16.4. The van der Waals surface area contributed by atoms with Crippen LogP contribution in [0.25, 0.3) is 0 Å². The van der Waals surface area contributed by atoms with E-state index in [1.807, 2.05) is 6.92 Å². The molecule has 82 valence electrons. The van der Waals surface area contributed by atoms with Crippen molar-refractivity contribution in [1.29, 1.82) is 0 Å². The summed E-state index contributed by atoms with van der Waals surface area (Å²) in [6.45, 7) is 3.60. The van der Waals surface area contributed by atoms with Crippen LogP contribution in [-0.2, 0) is 4.79 Å². The smallest absolute Gasteiger partial charge is 0.335 e. The van der Waals surface area contributed by atoms with E-state index in [0.717, 1.165) is 12.8 Å². The van der Waals surface area contributed by atoms with Crippen molar-refractivity contribution >= 4 is 5.97 Å². The number of rotatable bonds is 4. The molecule has 0 bridgehead atoms. The van der Waals surface area contributed by atoms with Crippen LogP contribution in [0.15, 0.2) is 0 Å². The molecular formula is C11H20O3. The molecule has 0 saturated heterocycles. The summed E-state index contributed by atoms with van der Waals surface area (Å²) in [5, 5.41) is 19.0. The number of hydrogen-bond donors (Lipinski definition) is 2. The van der Waals surface area contributed by atoms with Crippen molar-refractivity contribution in [3.8, 4) is 0 Å². The first kappa shape index (κ1) is 11.5. The number of carboxylic acid groups (broad SMARTS) is 1. The molecule has 2 N–H and O–H groups in total. The second kappa shape index (κ2) is 4.30. The summed E-state index contributed by atoms with van der Waals surface area (Å²) in [6.07, 6.45) is 4.77. The molecule has 2 atom stereocenters. The van der Waals surface area contributed by atoms with Crippen LogP contribution >= 0.6 is 0 Å². The van der Waals surface area contributed by atoms with Crippen LogP contribution in [0.3, 0.4) is 0 Å². The molecule has 1 fully saturated rings. The molecule has 0 amide bonds. The maximum atomic E-state index is 11.0. The first-order chi connectivity index (χ1) is 6.52. The van der Waals surface area contributed by atoms with Crippen molar-refractivity contribution < 1.29 is 15.0 Å². The fourth-order valence-electron chi connectivity index (χ4n) is 2.52. The van der Waals surface area contributed by atoms with Crippen LogP contribution in [0.5, 0.6) is 0 Å². The molecule has 1 saturated carbocycles. The van der Waals surface area contributed by atoms with E-state index in [0.29, 0.717) is 12.3 Å². The molecule has 14 heavy (non-hydrogen) atoms. The van der Waals surface area contributed by atoms with Gasteiger partial charge in [-0.15, -0.1) is 0 Å². The summed E-state index contributed by atoms with van der Waals surface area (Å²) >= 11 is 0. The predicted octanol–water partition coefficient (Wildman–Crippen LogP) is 2.04. The molecule has 0 spiro atoms. The zero-order valence-corrected chi connectivity index (χ0v) is 8.99. The van der Waals surface area contributed by atoms with Gasteiger partial charge in [-0.05, 0) is 18.3 Å². The summed E-state index contributed by atoms with van der Waals surface area (Å²) in [6, 6.07) is 0. The van der Waals surface area contributed by atoms with Crippen molar-refractivity contribution in [2.24, 2.45) is 11.8 Å². The molecule has 0 aliphatic heterocycles. The van der Waals surface area contributed by atoms with Crippen molar-refractivity contribution in [1.82, 2.24) is 0 Å². The van der Waals surface area contributed by atoms with Gasteiger partial charge in [0.1, 0.15) is 0 Å². The molecule has 1 aliphatic rings. The van der Waals surface area contributed by atoms with Crippen LogP contribution < -0.4 is 0 Å². The average Bonchev–Trinajstić information content (AvgIpc) is 2.67. The Labute approximate surface area is 85.1 Å². The van der Waals surface area contributed by atoms with Gasteiger partial charge >= 0.3 is 5.97 Å². The molecule has 3 heteroatoms. The Hall–Kier alpha value is -0.570. The average molecular weight is 200 g/mol. The van der Waals surface area contributed by atoms with E-state index in [1.54, 1.807) is 6.92 Å². The van der Waals surface area contributed by atoms with E-state index in [1.165, 1.54) is 12.8 Å². The van der Waals surface area contributed by atoms with Gasteiger partial charge in [0.05, 0.1) is 0 Å². The van der Waals surface area contributed by atoms with Crippen LogP contribution in [0.1, 0.15) is 46.0 Å². The van der Waals surface area contributed by atoms with E-state index in [-0.39, 0.29) is 5.92 Å². The van der Waals surface area contributed by atoms with Gasteiger partial charge in [0.15, 0.2) is 5.60 Å². The van der Waals surface area contributed by atoms with E-state index in [4.69, 9.17) is 5.11 Å². The monoisotopic (exact) mass is 200 g/mol. The lowest BCUT2D eigenvalue weighted by Gasteiger charge is -2.32. The van der Waals surface area contributed by atoms with Crippen LogP contribution in [0, 0.1) is 11.8 Å². The van der Waals surface area contributed by atoms with Crippen LogP contribution in [0.4, 0.5) is 0 Å². The first-order valence-corrected chi connectivity index (χ1v) is 5.48. The van der Waals surface area contributed by atoms with Gasteiger partial charge in [0, 0.05) is 0 Å². The van der Waals surface area contributed by atoms with Gasteiger partial charge in [-0.2, -0.15) is 0 Å². The SMILES string of the molecule is CCC(O)(C(=O)O)C(C)C1CCCC1. The van der Waals surface area contributed by atoms with Crippen molar-refractivity contribution in [2.75, 3.05) is 0 Å². The van der Waals surface area contributed by atoms with E-state index in [2.05, 4.69) is 0 Å². The normalized spacial score (nSPS) is 24.5. The van der Waals surface area contributed by atoms with Crippen LogP contribution in [-0.4, -0.2) is 21.8 Å². The van der Waals surface area contributed by atoms with Gasteiger partial charge in [0.2, 0.25) is 0 Å². The van der Waals surface area contributed by atoms with Gasteiger partial charge < -0.3 is 10.2 Å². The highest BCUT2D eigenvalue weighted by molar-refractivity contribution is 5.77. The highest BCUT2D eigenvalue weighted by Gasteiger charge is 2.43. The van der Waals surface area contributed by atoms with Crippen molar-refractivity contribution in [2.45, 2.75) is 51.6 Å². The summed E-state index contributed by atoms with van der Waals surface area (Å²) in [4.78, 5) is 11.0. The van der Waals surface area contributed by atoms with Gasteiger partial charge in [-0.3, -0.25) is 0 Å². The minimum atomic E-state index is -1.52. The largest absolute Gasteiger partial charge is 0.479 e. The fraction of sp³-hybridized carbons (Fsp3) is 0.909. The van der Waals surface area contributed by atoms with Crippen molar-refractivity contribution in [3.63, 3.8) is 0 Å². The van der Waals surface area contributed by atoms with E-state index < -0.39 is 11.6 Å². The van der Waals surface area contributed by atoms with Gasteiger partial charge in [-0.1, -0.05) is 39.5 Å². The number of hydrogen-bond acceptors (Lipinski definition) is 2. The molecule has 1 aliphatic carbocycles. The molecule has 0 aromatic heterocycles. The maximum Gasteiger partial charge on any atom is 0.335 e. The van der Waals surface area contributed by atoms with E-state index in [9.17, 15) is 9.90 Å². The zero-order chi connectivity index (χ0) is 10.8. The second-order valence-electron chi connectivity index (χ2n) is 4.42. The lowest BCUT2D eigenvalue weighted by molar-refractivity contribution is -0.167. The predicted molar refractivity (Wildman–Crippen MR) is 54.0 cm³/mol. The number of aliphatic hydroxyl groups is 1. The molecular weight excluding hydrogens is 180 g/mol. The Morgan fingerprint density at radius 2 is 2.00 bits per heavy atom. The molecule has 0 heterocycles. The lowest BCUT2D eigenvalue weighted by Crippen LogP contribution is -2.46. The van der Waals surface area contributed by atoms with E-state index >= 15 is 0 Å². The molecule has 0 aromatic rings. The Bertz CT molecular complexity index is 209. The Morgan fingerprint density at radius 3 is 2.36 bits per heavy atom. The molecule has 3 nitrogen and oxygen atoms in total. The summed E-state index contributed by atoms with van der Waals surface area (Å²) in [5.74, 6) is -0.817. The Kier molecular flexibility index (Phi) is 3.53. The summed E-state index contributed by atoms with van der Waals surface area (Å²) < 4.78 is 0. The molecule has 1 rings (SSSR count). The van der Waals surface area contributed by atoms with Gasteiger partial charge in [0.25, 0.3) is 0 Å². The fourth-order valence-corrected chi connectivity index (χ4v) is 2.52. The third-order valence-electron chi connectivity index (χ3n) is 3.77. The Balaban J connectivity index is 2.72. The van der Waals surface area contributed by atoms with Crippen molar-refractivity contribution in [3.05, 3.63) is 0 Å². The minimum absolute atomic E-state index is 0.132. The first-order valence-electron chi connectivity index (χ1n) is 5.48. The summed E-state index contributed by atoms with van der Waals surface area (Å²) in [7, 11) is 0. The highest BCUT2D eigenvalue weighted by Crippen LogP contribution is 2.38. The number of aliphatic carboxylic acids is 1.